The molecule has 0 aliphatic heterocycles. The topological polar surface area (TPSA) is 70.6 Å². The standard InChI is InChI=1S/C14H13F2N3O/c15-10-4-6-11(7-5-10)18-8-9-2-1-3-12(13(9)16)14(17)19-20/h1-7,18,20H,8H2,(H2,17,19). The van der Waals surface area contributed by atoms with Crippen LogP contribution in [0.5, 0.6) is 0 Å². The van der Waals surface area contributed by atoms with E-state index in [1.807, 2.05) is 0 Å². The minimum atomic E-state index is -0.558. The zero-order chi connectivity index (χ0) is 14.5. The largest absolute Gasteiger partial charge is 0.409 e. The molecule has 0 aliphatic carbocycles. The van der Waals surface area contributed by atoms with Crippen molar-refractivity contribution >= 4 is 11.5 Å². The van der Waals surface area contributed by atoms with Gasteiger partial charge in [-0.1, -0.05) is 17.3 Å². The second kappa shape index (κ2) is 6.01. The van der Waals surface area contributed by atoms with Gasteiger partial charge in [-0.15, -0.1) is 0 Å². The number of hydrogen-bond donors (Lipinski definition) is 3. The summed E-state index contributed by atoms with van der Waals surface area (Å²) in [5.41, 5.74) is 6.45. The van der Waals surface area contributed by atoms with Gasteiger partial charge < -0.3 is 16.3 Å². The molecule has 4 nitrogen and oxygen atoms in total. The molecule has 2 rings (SSSR count). The van der Waals surface area contributed by atoms with Crippen LogP contribution < -0.4 is 11.1 Å². The third-order valence-corrected chi connectivity index (χ3v) is 2.79. The highest BCUT2D eigenvalue weighted by Crippen LogP contribution is 2.15. The van der Waals surface area contributed by atoms with Crippen molar-refractivity contribution in [3.05, 3.63) is 65.2 Å². The normalized spacial score (nSPS) is 11.4. The number of rotatable bonds is 4. The van der Waals surface area contributed by atoms with E-state index in [0.29, 0.717) is 11.3 Å². The summed E-state index contributed by atoms with van der Waals surface area (Å²) in [5.74, 6) is -1.18. The molecule has 0 heterocycles. The summed E-state index contributed by atoms with van der Waals surface area (Å²) in [4.78, 5) is 0. The number of anilines is 1. The molecule has 0 spiro atoms. The molecule has 0 aromatic heterocycles. The highest BCUT2D eigenvalue weighted by molar-refractivity contribution is 5.97. The van der Waals surface area contributed by atoms with E-state index >= 15 is 0 Å². The van der Waals surface area contributed by atoms with Crippen LogP contribution in [-0.2, 0) is 6.54 Å². The van der Waals surface area contributed by atoms with Gasteiger partial charge in [0.05, 0.1) is 5.56 Å². The van der Waals surface area contributed by atoms with Crippen molar-refractivity contribution < 1.29 is 14.0 Å². The summed E-state index contributed by atoms with van der Waals surface area (Å²) in [6, 6.07) is 10.3. The number of nitrogens with zero attached hydrogens (tertiary/aromatic N) is 1. The molecule has 0 bridgehead atoms. The molecule has 2 aromatic carbocycles. The number of hydrogen-bond acceptors (Lipinski definition) is 3. The van der Waals surface area contributed by atoms with E-state index in [0.717, 1.165) is 0 Å². The minimum absolute atomic E-state index is 0.0332. The van der Waals surface area contributed by atoms with Crippen molar-refractivity contribution in [2.24, 2.45) is 10.9 Å². The fraction of sp³-hybridized carbons (Fsp3) is 0.0714. The summed E-state index contributed by atoms with van der Waals surface area (Å²) in [6.07, 6.45) is 0. The molecule has 0 amide bonds. The van der Waals surface area contributed by atoms with Gasteiger partial charge in [-0.2, -0.15) is 0 Å². The third kappa shape index (κ3) is 3.03. The van der Waals surface area contributed by atoms with Gasteiger partial charge in [-0.3, -0.25) is 0 Å². The Morgan fingerprint density at radius 1 is 1.15 bits per heavy atom. The summed E-state index contributed by atoms with van der Waals surface area (Å²) in [7, 11) is 0. The zero-order valence-electron chi connectivity index (χ0n) is 10.5. The van der Waals surface area contributed by atoms with Crippen LogP contribution in [0.4, 0.5) is 14.5 Å². The van der Waals surface area contributed by atoms with E-state index < -0.39 is 5.82 Å². The fourth-order valence-corrected chi connectivity index (χ4v) is 1.73. The van der Waals surface area contributed by atoms with Crippen molar-refractivity contribution in [2.45, 2.75) is 6.54 Å². The van der Waals surface area contributed by atoms with Crippen molar-refractivity contribution in [2.75, 3.05) is 5.32 Å². The summed E-state index contributed by atoms with van der Waals surface area (Å²) in [5, 5.41) is 14.3. The lowest BCUT2D eigenvalue weighted by Gasteiger charge is -2.09. The van der Waals surface area contributed by atoms with Crippen LogP contribution in [0.25, 0.3) is 0 Å². The predicted octanol–water partition coefficient (Wildman–Crippen LogP) is 2.67. The van der Waals surface area contributed by atoms with Crippen LogP contribution >= 0.6 is 0 Å². The zero-order valence-corrected chi connectivity index (χ0v) is 10.5. The van der Waals surface area contributed by atoms with Gasteiger partial charge in [0.1, 0.15) is 11.6 Å². The SMILES string of the molecule is N/C(=N/O)c1cccc(CNc2ccc(F)cc2)c1F. The van der Waals surface area contributed by atoms with E-state index in [9.17, 15) is 8.78 Å². The van der Waals surface area contributed by atoms with Crippen LogP contribution in [-0.4, -0.2) is 11.0 Å². The summed E-state index contributed by atoms with van der Waals surface area (Å²) in [6.45, 7) is 0.198. The van der Waals surface area contributed by atoms with E-state index in [4.69, 9.17) is 10.9 Å². The fourth-order valence-electron chi connectivity index (χ4n) is 1.73. The van der Waals surface area contributed by atoms with Gasteiger partial charge >= 0.3 is 0 Å². The van der Waals surface area contributed by atoms with Crippen LogP contribution in [0.1, 0.15) is 11.1 Å². The molecular formula is C14H13F2N3O. The molecule has 104 valence electrons. The average molecular weight is 277 g/mol. The van der Waals surface area contributed by atoms with E-state index in [-0.39, 0.29) is 23.8 Å². The maximum absolute atomic E-state index is 14.1. The number of nitrogens with one attached hydrogen (secondary N) is 1. The smallest absolute Gasteiger partial charge is 0.173 e. The van der Waals surface area contributed by atoms with Gasteiger partial charge in [0.2, 0.25) is 0 Å². The minimum Gasteiger partial charge on any atom is -0.409 e. The van der Waals surface area contributed by atoms with Gasteiger partial charge in [0, 0.05) is 17.8 Å². The van der Waals surface area contributed by atoms with Crippen molar-refractivity contribution in [3.63, 3.8) is 0 Å². The third-order valence-electron chi connectivity index (χ3n) is 2.79. The molecule has 0 atom stereocenters. The van der Waals surface area contributed by atoms with Crippen molar-refractivity contribution in [1.29, 1.82) is 0 Å². The van der Waals surface area contributed by atoms with E-state index in [1.54, 1.807) is 24.3 Å². The molecule has 20 heavy (non-hydrogen) atoms. The Morgan fingerprint density at radius 3 is 2.50 bits per heavy atom. The number of oxime groups is 1. The molecule has 0 fully saturated rings. The average Bonchev–Trinajstić information content (AvgIpc) is 2.47. The molecule has 6 heteroatoms. The maximum Gasteiger partial charge on any atom is 0.173 e. The molecule has 2 aromatic rings. The second-order valence-corrected chi connectivity index (χ2v) is 4.12. The second-order valence-electron chi connectivity index (χ2n) is 4.12. The number of benzene rings is 2. The van der Waals surface area contributed by atoms with E-state index in [1.165, 1.54) is 18.2 Å². The predicted molar refractivity (Wildman–Crippen MR) is 72.6 cm³/mol. The Balaban J connectivity index is 2.16. The van der Waals surface area contributed by atoms with E-state index in [2.05, 4.69) is 10.5 Å². The van der Waals surface area contributed by atoms with Crippen molar-refractivity contribution in [1.82, 2.24) is 0 Å². The first-order chi connectivity index (χ1) is 9.61. The first-order valence-corrected chi connectivity index (χ1v) is 5.86. The van der Waals surface area contributed by atoms with Crippen LogP contribution in [0.15, 0.2) is 47.6 Å². The summed E-state index contributed by atoms with van der Waals surface area (Å²) < 4.78 is 26.9. The molecule has 0 unspecified atom stereocenters. The first kappa shape index (κ1) is 13.8. The van der Waals surface area contributed by atoms with Crippen LogP contribution in [0.3, 0.4) is 0 Å². The molecule has 0 radical (unpaired) electrons. The van der Waals surface area contributed by atoms with Crippen LogP contribution in [0.2, 0.25) is 0 Å². The van der Waals surface area contributed by atoms with Gasteiger partial charge in [-0.25, -0.2) is 8.78 Å². The first-order valence-electron chi connectivity index (χ1n) is 5.86. The maximum atomic E-state index is 14.1. The Bertz CT molecular complexity index is 627. The lowest BCUT2D eigenvalue weighted by atomic mass is 10.1. The van der Waals surface area contributed by atoms with Crippen LogP contribution in [0, 0.1) is 11.6 Å². The Hall–Kier alpha value is -2.63. The number of halogens is 2. The lowest BCUT2D eigenvalue weighted by Crippen LogP contribution is -2.16. The highest BCUT2D eigenvalue weighted by atomic mass is 19.1. The molecule has 0 aliphatic rings. The number of amidine groups is 1. The molecular weight excluding hydrogens is 264 g/mol. The Kier molecular flexibility index (Phi) is 4.14. The molecule has 0 saturated carbocycles. The lowest BCUT2D eigenvalue weighted by molar-refractivity contribution is 0.318. The molecule has 4 N–H and O–H groups in total. The van der Waals surface area contributed by atoms with Crippen molar-refractivity contribution in [3.8, 4) is 0 Å². The quantitative estimate of drug-likeness (QED) is 0.348. The van der Waals surface area contributed by atoms with Gasteiger partial charge in [0.25, 0.3) is 0 Å². The van der Waals surface area contributed by atoms with Gasteiger partial charge in [0.15, 0.2) is 5.84 Å². The summed E-state index contributed by atoms with van der Waals surface area (Å²) >= 11 is 0. The van der Waals surface area contributed by atoms with Gasteiger partial charge in [-0.05, 0) is 30.3 Å². The number of nitrogens with two attached hydrogens (primary N) is 1. The monoisotopic (exact) mass is 277 g/mol. The molecule has 0 saturated heterocycles. The Morgan fingerprint density at radius 2 is 1.85 bits per heavy atom. The Labute approximate surface area is 114 Å². The highest BCUT2D eigenvalue weighted by Gasteiger charge is 2.11.